The van der Waals surface area contributed by atoms with Crippen molar-refractivity contribution in [3.63, 3.8) is 0 Å². The molecule has 0 unspecified atom stereocenters. The van der Waals surface area contributed by atoms with Crippen LogP contribution in [-0.4, -0.2) is 37.2 Å². The summed E-state index contributed by atoms with van der Waals surface area (Å²) in [5.41, 5.74) is 0. The number of hydrogen-bond acceptors (Lipinski definition) is 6. The Labute approximate surface area is 452 Å². The lowest BCUT2D eigenvalue weighted by molar-refractivity contribution is -0.166. The van der Waals surface area contributed by atoms with Crippen LogP contribution in [0.4, 0.5) is 0 Å². The van der Waals surface area contributed by atoms with E-state index in [0.29, 0.717) is 19.3 Å². The Morgan fingerprint density at radius 2 is 0.562 bits per heavy atom. The first-order chi connectivity index (χ1) is 36.0. The Morgan fingerprint density at radius 3 is 0.932 bits per heavy atom. The molecule has 0 spiro atoms. The molecular weight excluding hydrogens is 901 g/mol. The van der Waals surface area contributed by atoms with E-state index < -0.39 is 6.10 Å². The van der Waals surface area contributed by atoms with Gasteiger partial charge in [-0.15, -0.1) is 0 Å². The second kappa shape index (κ2) is 61.1. The third kappa shape index (κ3) is 59.3. The third-order valence-electron chi connectivity index (χ3n) is 13.4. The molecule has 0 amide bonds. The van der Waals surface area contributed by atoms with Crippen molar-refractivity contribution in [1.29, 1.82) is 0 Å². The third-order valence-corrected chi connectivity index (χ3v) is 13.4. The molecule has 0 aliphatic rings. The summed E-state index contributed by atoms with van der Waals surface area (Å²) in [7, 11) is 0. The normalized spacial score (nSPS) is 12.6. The second-order valence-corrected chi connectivity index (χ2v) is 20.6. The summed E-state index contributed by atoms with van der Waals surface area (Å²) in [6, 6.07) is 0. The molecule has 0 bridgehead atoms. The maximum absolute atomic E-state index is 12.9. The van der Waals surface area contributed by atoms with Crippen LogP contribution in [0.15, 0.2) is 85.1 Å². The van der Waals surface area contributed by atoms with Crippen LogP contribution >= 0.6 is 0 Å². The number of carbonyl (C=O) groups is 3. The highest BCUT2D eigenvalue weighted by Gasteiger charge is 2.19. The Balaban J connectivity index is 4.43. The summed E-state index contributed by atoms with van der Waals surface area (Å²) in [6.45, 7) is 6.48. The van der Waals surface area contributed by atoms with Crippen LogP contribution < -0.4 is 0 Å². The molecule has 6 heteroatoms. The number of rotatable bonds is 56. The average molecular weight is 1020 g/mol. The van der Waals surface area contributed by atoms with E-state index in [9.17, 15) is 14.4 Å². The van der Waals surface area contributed by atoms with Crippen molar-refractivity contribution in [2.75, 3.05) is 13.2 Å². The summed E-state index contributed by atoms with van der Waals surface area (Å²) in [4.78, 5) is 38.2. The van der Waals surface area contributed by atoms with Gasteiger partial charge >= 0.3 is 17.9 Å². The monoisotopic (exact) mass is 1020 g/mol. The maximum atomic E-state index is 12.9. The van der Waals surface area contributed by atoms with Gasteiger partial charge in [-0.25, -0.2) is 0 Å². The van der Waals surface area contributed by atoms with Crippen LogP contribution in [0.25, 0.3) is 0 Å². The van der Waals surface area contributed by atoms with Crippen molar-refractivity contribution in [3.8, 4) is 0 Å². The molecule has 0 aromatic carbocycles. The molecule has 0 aliphatic carbocycles. The van der Waals surface area contributed by atoms with E-state index in [0.717, 1.165) is 77.0 Å². The van der Waals surface area contributed by atoms with Crippen molar-refractivity contribution in [2.45, 2.75) is 309 Å². The van der Waals surface area contributed by atoms with Crippen LogP contribution in [0, 0.1) is 0 Å². The van der Waals surface area contributed by atoms with Gasteiger partial charge in [0.2, 0.25) is 0 Å². The van der Waals surface area contributed by atoms with Crippen molar-refractivity contribution in [3.05, 3.63) is 85.1 Å². The minimum absolute atomic E-state index is 0.0989. The highest BCUT2D eigenvalue weighted by molar-refractivity contribution is 5.71. The van der Waals surface area contributed by atoms with Gasteiger partial charge in [-0.1, -0.05) is 286 Å². The van der Waals surface area contributed by atoms with Crippen LogP contribution in [0.1, 0.15) is 303 Å². The van der Waals surface area contributed by atoms with Gasteiger partial charge in [0.25, 0.3) is 0 Å². The minimum Gasteiger partial charge on any atom is -0.462 e. The lowest BCUT2D eigenvalue weighted by Crippen LogP contribution is -2.30. The molecule has 0 radical (unpaired) electrons. The molecule has 0 saturated carbocycles. The van der Waals surface area contributed by atoms with Crippen LogP contribution in [0.5, 0.6) is 0 Å². The van der Waals surface area contributed by atoms with Crippen LogP contribution in [0.3, 0.4) is 0 Å². The average Bonchev–Trinajstić information content (AvgIpc) is 3.39. The molecule has 0 heterocycles. The highest BCUT2D eigenvalue weighted by atomic mass is 16.6. The van der Waals surface area contributed by atoms with Crippen molar-refractivity contribution in [2.24, 2.45) is 0 Å². The highest BCUT2D eigenvalue weighted by Crippen LogP contribution is 2.17. The summed E-state index contributed by atoms with van der Waals surface area (Å²) >= 11 is 0. The van der Waals surface area contributed by atoms with Gasteiger partial charge in [0.15, 0.2) is 6.10 Å². The summed E-state index contributed by atoms with van der Waals surface area (Å²) < 4.78 is 16.8. The molecule has 0 aliphatic heterocycles. The van der Waals surface area contributed by atoms with Gasteiger partial charge in [-0.3, -0.25) is 14.4 Å². The second-order valence-electron chi connectivity index (χ2n) is 20.6. The lowest BCUT2D eigenvalue weighted by Gasteiger charge is -2.18. The van der Waals surface area contributed by atoms with E-state index in [2.05, 4.69) is 99.8 Å². The van der Waals surface area contributed by atoms with E-state index >= 15 is 0 Å². The van der Waals surface area contributed by atoms with E-state index in [1.807, 2.05) is 6.08 Å². The minimum atomic E-state index is -0.809. The van der Waals surface area contributed by atoms with E-state index in [4.69, 9.17) is 14.2 Å². The number of carbonyl (C=O) groups excluding carboxylic acids is 3. The molecule has 73 heavy (non-hydrogen) atoms. The van der Waals surface area contributed by atoms with Gasteiger partial charge in [-0.05, 0) is 83.5 Å². The Bertz CT molecular complexity index is 1400. The molecule has 0 aromatic heterocycles. The number of ether oxygens (including phenoxy) is 3. The van der Waals surface area contributed by atoms with Crippen LogP contribution in [-0.2, 0) is 28.6 Å². The van der Waals surface area contributed by atoms with Gasteiger partial charge < -0.3 is 14.2 Å². The van der Waals surface area contributed by atoms with E-state index in [1.54, 1.807) is 0 Å². The van der Waals surface area contributed by atoms with Gasteiger partial charge in [0, 0.05) is 19.3 Å². The van der Waals surface area contributed by atoms with Gasteiger partial charge in [-0.2, -0.15) is 0 Å². The van der Waals surface area contributed by atoms with Crippen molar-refractivity contribution >= 4 is 17.9 Å². The number of allylic oxidation sites excluding steroid dienone is 14. The first-order valence-corrected chi connectivity index (χ1v) is 31.1. The standard InChI is InChI=1S/C67H116O6/c1-4-7-10-13-16-19-22-25-28-30-32-33-35-37-40-42-45-48-51-54-57-60-66(69)72-63-64(73-67(70)61-58-55-52-49-46-43-38-27-24-21-18-15-12-9-6-3)62-71-65(68)59-56-53-50-47-44-41-39-36-34-31-29-26-23-20-17-14-11-8-5-2/h8,11,17,20-21,24,26,29,34,36,41,44,50,53,64H,4-7,9-10,12-16,18-19,22-23,25,27-28,30-33,35,37-40,42-43,45-49,51-52,54-63H2,1-3H3/b11-8-,20-17-,24-21-,29-26-,36-34-,44-41-,53-50-/t64-/m1/s1. The molecule has 0 fully saturated rings. The zero-order valence-corrected chi connectivity index (χ0v) is 48.1. The van der Waals surface area contributed by atoms with Gasteiger partial charge in [0.1, 0.15) is 13.2 Å². The SMILES string of the molecule is CC/C=C\C/C=C\C/C=C\C/C=C\C/C=C\C/C=C\CCC(=O)OC[C@H](COC(=O)CCCCCCCCCCCCCCCCCCCCCCC)OC(=O)CCCCCCCCC/C=C\CCCCCC. The first kappa shape index (κ1) is 69.6. The predicted molar refractivity (Wildman–Crippen MR) is 316 cm³/mol. The topological polar surface area (TPSA) is 78.9 Å². The Hall–Kier alpha value is -3.41. The summed E-state index contributed by atoms with van der Waals surface area (Å²) in [5.74, 6) is -0.980. The lowest BCUT2D eigenvalue weighted by atomic mass is 10.0. The predicted octanol–water partition coefficient (Wildman–Crippen LogP) is 21.1. The maximum Gasteiger partial charge on any atom is 0.306 e. The molecule has 420 valence electrons. The van der Waals surface area contributed by atoms with Crippen LogP contribution in [0.2, 0.25) is 0 Å². The fourth-order valence-corrected chi connectivity index (χ4v) is 8.76. The first-order valence-electron chi connectivity index (χ1n) is 31.1. The number of esters is 3. The quantitative estimate of drug-likeness (QED) is 0.0261. The molecule has 0 aromatic rings. The molecule has 6 nitrogen and oxygen atoms in total. The number of hydrogen-bond donors (Lipinski definition) is 0. The van der Waals surface area contributed by atoms with E-state index in [-0.39, 0.29) is 37.5 Å². The van der Waals surface area contributed by atoms with Gasteiger partial charge in [0.05, 0.1) is 0 Å². The molecule has 1 atom stereocenters. The number of unbranched alkanes of at least 4 members (excludes halogenated alkanes) is 31. The van der Waals surface area contributed by atoms with Crippen molar-refractivity contribution < 1.29 is 28.6 Å². The zero-order valence-electron chi connectivity index (χ0n) is 48.1. The fraction of sp³-hybridized carbons (Fsp3) is 0.746. The Morgan fingerprint density at radius 1 is 0.288 bits per heavy atom. The smallest absolute Gasteiger partial charge is 0.306 e. The molecule has 0 rings (SSSR count). The Kier molecular flexibility index (Phi) is 58.3. The zero-order chi connectivity index (χ0) is 52.9. The van der Waals surface area contributed by atoms with Crippen molar-refractivity contribution in [1.82, 2.24) is 0 Å². The summed E-state index contributed by atoms with van der Waals surface area (Å²) in [5, 5.41) is 0. The fourth-order valence-electron chi connectivity index (χ4n) is 8.76. The molecular formula is C67H116O6. The van der Waals surface area contributed by atoms with E-state index in [1.165, 1.54) is 180 Å². The largest absolute Gasteiger partial charge is 0.462 e. The molecule has 0 N–H and O–H groups in total. The molecule has 0 saturated heterocycles. The summed E-state index contributed by atoms with van der Waals surface area (Å²) in [6.07, 6.45) is 80.3.